The Morgan fingerprint density at radius 2 is 2.14 bits per heavy atom. The van der Waals surface area contributed by atoms with Crippen molar-refractivity contribution in [2.75, 3.05) is 32.7 Å². The topological polar surface area (TPSA) is 137 Å². The van der Waals surface area contributed by atoms with Gasteiger partial charge in [0.05, 0.1) is 6.20 Å². The van der Waals surface area contributed by atoms with Gasteiger partial charge in [0, 0.05) is 55.2 Å². The van der Waals surface area contributed by atoms with Crippen LogP contribution in [0.4, 0.5) is 0 Å². The van der Waals surface area contributed by atoms with E-state index in [1.807, 2.05) is 4.90 Å². The van der Waals surface area contributed by atoms with Crippen LogP contribution in [0.3, 0.4) is 0 Å². The quantitative estimate of drug-likeness (QED) is 0.246. The maximum absolute atomic E-state index is 12.6. The monoisotopic (exact) mass is 424 g/mol. The number of carbonyl (C=O) groups is 2. The predicted molar refractivity (Wildman–Crippen MR) is 107 cm³/mol. The summed E-state index contributed by atoms with van der Waals surface area (Å²) in [5, 5.41) is 6.19. The van der Waals surface area contributed by atoms with Crippen LogP contribution in [0.2, 0.25) is 5.15 Å². The van der Waals surface area contributed by atoms with Crippen molar-refractivity contribution in [3.05, 3.63) is 32.5 Å². The Balaban J connectivity index is 1.84. The van der Waals surface area contributed by atoms with Crippen LogP contribution < -0.4 is 0 Å². The van der Waals surface area contributed by atoms with Crippen LogP contribution in [0, 0.1) is 4.91 Å². The number of carbonyl (C=O) groups excluding carboxylic acids is 2. The summed E-state index contributed by atoms with van der Waals surface area (Å²) >= 11 is 5.99. The number of hydrogen-bond donors (Lipinski definition) is 0. The Hall–Kier alpha value is -2.49. The van der Waals surface area contributed by atoms with Gasteiger partial charge in [0.1, 0.15) is 17.5 Å². The molecule has 0 aliphatic carbocycles. The molecule has 2 amide bonds. The van der Waals surface area contributed by atoms with Gasteiger partial charge in [0.15, 0.2) is 0 Å². The molecule has 1 aliphatic heterocycles. The molecule has 29 heavy (non-hydrogen) atoms. The van der Waals surface area contributed by atoms with Gasteiger partial charge in [-0.2, -0.15) is 0 Å². The number of likely N-dealkylation sites (N-methyl/N-ethyl adjacent to an activating group) is 1. The molecule has 158 valence electrons. The van der Waals surface area contributed by atoms with E-state index in [9.17, 15) is 14.5 Å². The van der Waals surface area contributed by atoms with E-state index in [4.69, 9.17) is 17.1 Å². The third kappa shape index (κ3) is 6.52. The Bertz CT molecular complexity index is 769. The second kappa shape index (κ2) is 11.5. The number of nitroso groups, excluding NO2 is 1. The van der Waals surface area contributed by atoms with Gasteiger partial charge in [-0.25, -0.2) is 4.98 Å². The lowest BCUT2D eigenvalue weighted by molar-refractivity contribution is -0.132. The highest BCUT2D eigenvalue weighted by Gasteiger charge is 2.26. The molecule has 1 saturated heterocycles. The van der Waals surface area contributed by atoms with E-state index in [0.717, 1.165) is 25.9 Å². The van der Waals surface area contributed by atoms with E-state index in [0.29, 0.717) is 37.9 Å². The van der Waals surface area contributed by atoms with E-state index >= 15 is 0 Å². The van der Waals surface area contributed by atoms with Gasteiger partial charge in [-0.05, 0) is 24.9 Å². The summed E-state index contributed by atoms with van der Waals surface area (Å²) in [7, 11) is 0. The molecule has 0 atom stereocenters. The normalized spacial score (nSPS) is 14.7. The van der Waals surface area contributed by atoms with E-state index < -0.39 is 5.91 Å². The van der Waals surface area contributed by atoms with Crippen LogP contribution >= 0.6 is 11.6 Å². The third-order valence-corrected chi connectivity index (χ3v) is 5.44. The summed E-state index contributed by atoms with van der Waals surface area (Å²) in [4.78, 5) is 45.2. The lowest BCUT2D eigenvalue weighted by Gasteiger charge is -2.38. The van der Waals surface area contributed by atoms with Crippen molar-refractivity contribution in [2.45, 2.75) is 45.2 Å². The summed E-state index contributed by atoms with van der Waals surface area (Å²) in [6, 6.07) is 0.373. The average molecular weight is 425 g/mol. The fourth-order valence-corrected chi connectivity index (χ4v) is 3.80. The molecule has 1 aromatic rings. The van der Waals surface area contributed by atoms with E-state index in [1.165, 1.54) is 10.8 Å². The number of rotatable bonds is 10. The van der Waals surface area contributed by atoms with E-state index in [1.54, 1.807) is 0 Å². The first-order valence-corrected chi connectivity index (χ1v) is 9.96. The van der Waals surface area contributed by atoms with Crippen molar-refractivity contribution < 1.29 is 9.59 Å². The molecule has 2 rings (SSSR count). The molecule has 1 aromatic heterocycles. The zero-order valence-corrected chi connectivity index (χ0v) is 17.2. The summed E-state index contributed by atoms with van der Waals surface area (Å²) in [5.41, 5.74) is 8.41. The van der Waals surface area contributed by atoms with Crippen molar-refractivity contribution in [1.82, 2.24) is 19.4 Å². The molecule has 0 bridgehead atoms. The standard InChI is InChI=1S/C17H25ClN8O3/c1-2-24(10-7-21-23-19)13-5-8-25(9-6-13)17(28)4-3-15-20-11-14(18)26(15)12-16(27)22-29/h11,13H,2-10,12H2,1H3. The minimum absolute atomic E-state index is 0.0195. The second-order valence-corrected chi connectivity index (χ2v) is 7.15. The maximum atomic E-state index is 12.6. The number of piperidine rings is 1. The predicted octanol–water partition coefficient (Wildman–Crippen LogP) is 2.39. The first kappa shape index (κ1) is 22.8. The highest BCUT2D eigenvalue weighted by atomic mass is 35.5. The van der Waals surface area contributed by atoms with Crippen LogP contribution in [0.5, 0.6) is 0 Å². The SMILES string of the molecule is CCN(CCN=[N+]=[N-])C1CCN(C(=O)CCc2ncc(Cl)n2CC(=O)N=O)CC1. The van der Waals surface area contributed by atoms with Crippen molar-refractivity contribution in [2.24, 2.45) is 10.3 Å². The zero-order chi connectivity index (χ0) is 21.2. The van der Waals surface area contributed by atoms with Gasteiger partial charge >= 0.3 is 5.91 Å². The van der Waals surface area contributed by atoms with Gasteiger partial charge in [-0.3, -0.25) is 9.59 Å². The van der Waals surface area contributed by atoms with Gasteiger partial charge < -0.3 is 14.4 Å². The Morgan fingerprint density at radius 1 is 1.41 bits per heavy atom. The number of aromatic nitrogens is 2. The molecule has 2 heterocycles. The summed E-state index contributed by atoms with van der Waals surface area (Å²) in [5.74, 6) is -0.350. The number of nitrogens with zero attached hydrogens (tertiary/aromatic N) is 8. The molecule has 1 fully saturated rings. The minimum atomic E-state index is -0.847. The van der Waals surface area contributed by atoms with Crippen molar-refractivity contribution in [3.63, 3.8) is 0 Å². The van der Waals surface area contributed by atoms with Gasteiger partial charge in [0.25, 0.3) is 0 Å². The van der Waals surface area contributed by atoms with Crippen LogP contribution in [0.15, 0.2) is 16.5 Å². The fourth-order valence-electron chi connectivity index (χ4n) is 3.59. The van der Waals surface area contributed by atoms with Crippen molar-refractivity contribution in [3.8, 4) is 0 Å². The number of aryl methyl sites for hydroxylation is 1. The first-order chi connectivity index (χ1) is 14.0. The first-order valence-electron chi connectivity index (χ1n) is 9.58. The number of amides is 2. The molecule has 0 radical (unpaired) electrons. The summed E-state index contributed by atoms with van der Waals surface area (Å²) in [6.07, 6.45) is 3.70. The number of halogens is 1. The van der Waals surface area contributed by atoms with Crippen molar-refractivity contribution in [1.29, 1.82) is 0 Å². The highest BCUT2D eigenvalue weighted by Crippen LogP contribution is 2.18. The summed E-state index contributed by atoms with van der Waals surface area (Å²) < 4.78 is 1.40. The third-order valence-electron chi connectivity index (χ3n) is 5.14. The number of hydrogen-bond acceptors (Lipinski definition) is 6. The molecular weight excluding hydrogens is 400 g/mol. The van der Waals surface area contributed by atoms with Crippen LogP contribution in [0.1, 0.15) is 32.0 Å². The molecule has 0 unspecified atom stereocenters. The average Bonchev–Trinajstić information content (AvgIpc) is 3.09. The molecular formula is C17H25ClN8O3. The molecule has 0 saturated carbocycles. The van der Waals surface area contributed by atoms with Crippen molar-refractivity contribution >= 4 is 23.4 Å². The van der Waals surface area contributed by atoms with Crippen LogP contribution in [-0.2, 0) is 22.6 Å². The van der Waals surface area contributed by atoms with E-state index in [2.05, 4.69) is 32.0 Å². The zero-order valence-electron chi connectivity index (χ0n) is 16.4. The molecule has 0 N–H and O–H groups in total. The van der Waals surface area contributed by atoms with Gasteiger partial charge in [-0.1, -0.05) is 23.6 Å². The largest absolute Gasteiger partial charge is 0.343 e. The Labute approximate surface area is 173 Å². The second-order valence-electron chi connectivity index (χ2n) is 6.76. The lowest BCUT2D eigenvalue weighted by Crippen LogP contribution is -2.47. The number of likely N-dealkylation sites (tertiary alicyclic amines) is 1. The lowest BCUT2D eigenvalue weighted by atomic mass is 10.0. The molecule has 12 heteroatoms. The molecule has 0 spiro atoms. The fraction of sp³-hybridized carbons (Fsp3) is 0.706. The number of azide groups is 1. The minimum Gasteiger partial charge on any atom is -0.343 e. The van der Waals surface area contributed by atoms with Crippen LogP contribution in [-0.4, -0.2) is 69.9 Å². The maximum Gasteiger partial charge on any atom is 0.305 e. The molecule has 0 aromatic carbocycles. The van der Waals surface area contributed by atoms with Gasteiger partial charge in [0.2, 0.25) is 5.91 Å². The smallest absolute Gasteiger partial charge is 0.305 e. The van der Waals surface area contributed by atoms with E-state index in [-0.39, 0.29) is 24.0 Å². The Kier molecular flexibility index (Phi) is 9.04. The van der Waals surface area contributed by atoms with Gasteiger partial charge in [-0.15, -0.1) is 4.91 Å². The molecule has 11 nitrogen and oxygen atoms in total. The highest BCUT2D eigenvalue weighted by molar-refractivity contribution is 6.29. The number of imidazole rings is 1. The summed E-state index contributed by atoms with van der Waals surface area (Å²) in [6.45, 7) is 5.18. The molecule has 1 aliphatic rings. The van der Waals surface area contributed by atoms with Crippen LogP contribution in [0.25, 0.3) is 10.4 Å². The Morgan fingerprint density at radius 3 is 2.76 bits per heavy atom.